The molecule has 1 amide bonds. The molecule has 0 radical (unpaired) electrons. The van der Waals surface area contributed by atoms with E-state index in [0.29, 0.717) is 0 Å². The number of aliphatic carboxylic acids is 2. The highest BCUT2D eigenvalue weighted by Crippen LogP contribution is 2.25. The highest BCUT2D eigenvalue weighted by molar-refractivity contribution is 5.96. The zero-order valence-electron chi connectivity index (χ0n) is 10.2. The predicted octanol–water partition coefficient (Wildman–Crippen LogP) is -1.10. The second kappa shape index (κ2) is 5.15. The van der Waals surface area contributed by atoms with Crippen LogP contribution in [0, 0.1) is 11.8 Å². The van der Waals surface area contributed by atoms with E-state index < -0.39 is 29.7 Å². The minimum atomic E-state index is -1.26. The number of rotatable bonds is 3. The molecular weight excluding hydrogens is 272 g/mol. The van der Waals surface area contributed by atoms with E-state index in [4.69, 9.17) is 15.9 Å². The fourth-order valence-electron chi connectivity index (χ4n) is 2.18. The quantitative estimate of drug-likeness (QED) is 0.625. The first-order valence-electron chi connectivity index (χ1n) is 5.74. The summed E-state index contributed by atoms with van der Waals surface area (Å²) in [5.41, 5.74) is 5.19. The van der Waals surface area contributed by atoms with Crippen molar-refractivity contribution in [3.8, 4) is 0 Å². The van der Waals surface area contributed by atoms with Crippen molar-refractivity contribution in [1.82, 2.24) is 15.2 Å². The van der Waals surface area contributed by atoms with Crippen LogP contribution >= 0.6 is 0 Å². The van der Waals surface area contributed by atoms with Gasteiger partial charge in [-0.15, -0.1) is 0 Å². The van der Waals surface area contributed by atoms with Crippen molar-refractivity contribution in [2.75, 3.05) is 18.8 Å². The number of anilines is 1. The average molecular weight is 284 g/mol. The van der Waals surface area contributed by atoms with E-state index in [1.54, 1.807) is 0 Å². The van der Waals surface area contributed by atoms with Crippen LogP contribution in [0.4, 0.5) is 5.82 Å². The molecule has 1 aromatic rings. The Bertz CT molecular complexity index is 556. The Kier molecular flexibility index (Phi) is 3.55. The van der Waals surface area contributed by atoms with E-state index in [1.165, 1.54) is 4.90 Å². The molecular formula is C10H12N4O6. The first-order valence-corrected chi connectivity index (χ1v) is 5.74. The monoisotopic (exact) mass is 284 g/mol. The Morgan fingerprint density at radius 3 is 2.35 bits per heavy atom. The maximum atomic E-state index is 12.1. The summed E-state index contributed by atoms with van der Waals surface area (Å²) >= 11 is 0. The molecule has 2 rings (SSSR count). The molecule has 0 aliphatic carbocycles. The molecule has 1 aliphatic heterocycles. The molecule has 2 atom stereocenters. The number of piperidine rings is 1. The Morgan fingerprint density at radius 1 is 1.20 bits per heavy atom. The van der Waals surface area contributed by atoms with E-state index in [1.807, 2.05) is 0 Å². The zero-order chi connectivity index (χ0) is 14.9. The summed E-state index contributed by atoms with van der Waals surface area (Å²) in [7, 11) is 0. The van der Waals surface area contributed by atoms with Crippen LogP contribution in [0.25, 0.3) is 0 Å². The Labute approximate surface area is 112 Å². The molecule has 2 heterocycles. The van der Waals surface area contributed by atoms with E-state index in [-0.39, 0.29) is 31.0 Å². The number of carbonyl (C=O) groups excluding carboxylic acids is 1. The SMILES string of the molecule is Nc1nonc1C(=O)N1CCC(C(=O)O)C(C(=O)O)C1. The summed E-state index contributed by atoms with van der Waals surface area (Å²) in [5.74, 6) is -5.47. The molecule has 1 saturated heterocycles. The molecule has 0 spiro atoms. The van der Waals surface area contributed by atoms with Crippen molar-refractivity contribution in [2.24, 2.45) is 11.8 Å². The minimum absolute atomic E-state index is 0.0449. The Balaban J connectivity index is 2.17. The number of carboxylic acids is 2. The summed E-state index contributed by atoms with van der Waals surface area (Å²) < 4.78 is 4.31. The number of nitrogen functional groups attached to an aromatic ring is 1. The summed E-state index contributed by atoms with van der Waals surface area (Å²) in [5, 5.41) is 24.7. The largest absolute Gasteiger partial charge is 0.481 e. The van der Waals surface area contributed by atoms with Crippen LogP contribution in [-0.4, -0.2) is 56.4 Å². The number of aromatic nitrogens is 2. The highest BCUT2D eigenvalue weighted by atomic mass is 16.6. The normalized spacial score (nSPS) is 22.5. The van der Waals surface area contributed by atoms with Gasteiger partial charge in [0.2, 0.25) is 11.5 Å². The zero-order valence-corrected chi connectivity index (χ0v) is 10.2. The van der Waals surface area contributed by atoms with Crippen LogP contribution in [-0.2, 0) is 9.59 Å². The minimum Gasteiger partial charge on any atom is -0.481 e. The van der Waals surface area contributed by atoms with Crippen LogP contribution < -0.4 is 5.73 Å². The molecule has 0 bridgehead atoms. The van der Waals surface area contributed by atoms with Gasteiger partial charge < -0.3 is 20.8 Å². The molecule has 0 saturated carbocycles. The molecule has 4 N–H and O–H groups in total. The van der Waals surface area contributed by atoms with Crippen molar-refractivity contribution < 1.29 is 29.2 Å². The van der Waals surface area contributed by atoms with E-state index in [9.17, 15) is 14.4 Å². The summed E-state index contributed by atoms with van der Waals surface area (Å²) in [6, 6.07) is 0. The van der Waals surface area contributed by atoms with Crippen LogP contribution in [0.1, 0.15) is 16.9 Å². The maximum Gasteiger partial charge on any atom is 0.309 e. The highest BCUT2D eigenvalue weighted by Gasteiger charge is 2.41. The van der Waals surface area contributed by atoms with Gasteiger partial charge in [-0.05, 0) is 16.7 Å². The molecule has 10 heteroatoms. The molecule has 10 nitrogen and oxygen atoms in total. The summed E-state index contributed by atoms with van der Waals surface area (Å²) in [6.45, 7) is -0.122. The molecule has 1 aromatic heterocycles. The van der Waals surface area contributed by atoms with Crippen molar-refractivity contribution in [3.05, 3.63) is 5.69 Å². The third-order valence-corrected chi connectivity index (χ3v) is 3.25. The first kappa shape index (κ1) is 13.8. The lowest BCUT2D eigenvalue weighted by molar-refractivity contribution is -0.156. The van der Waals surface area contributed by atoms with Crippen LogP contribution in [0.15, 0.2) is 4.63 Å². The number of likely N-dealkylation sites (tertiary alicyclic amines) is 1. The number of nitrogens with zero attached hydrogens (tertiary/aromatic N) is 3. The van der Waals surface area contributed by atoms with E-state index in [2.05, 4.69) is 14.9 Å². The number of hydrogen-bond donors (Lipinski definition) is 3. The molecule has 2 unspecified atom stereocenters. The van der Waals surface area contributed by atoms with Crippen molar-refractivity contribution in [3.63, 3.8) is 0 Å². The maximum absolute atomic E-state index is 12.1. The first-order chi connectivity index (χ1) is 9.41. The lowest BCUT2D eigenvalue weighted by Gasteiger charge is -2.34. The number of amides is 1. The number of nitrogens with two attached hydrogens (primary N) is 1. The van der Waals surface area contributed by atoms with Gasteiger partial charge in [0.15, 0.2) is 0 Å². The molecule has 108 valence electrons. The fourth-order valence-corrected chi connectivity index (χ4v) is 2.18. The summed E-state index contributed by atoms with van der Waals surface area (Å²) in [4.78, 5) is 35.4. The van der Waals surface area contributed by atoms with Gasteiger partial charge >= 0.3 is 11.9 Å². The Hall–Kier alpha value is -2.65. The van der Waals surface area contributed by atoms with Gasteiger partial charge in [0.1, 0.15) is 0 Å². The van der Waals surface area contributed by atoms with Gasteiger partial charge in [-0.1, -0.05) is 0 Å². The van der Waals surface area contributed by atoms with Gasteiger partial charge in [-0.25, -0.2) is 4.63 Å². The topological polar surface area (TPSA) is 160 Å². The van der Waals surface area contributed by atoms with Gasteiger partial charge in [0.25, 0.3) is 5.91 Å². The lowest BCUT2D eigenvalue weighted by Crippen LogP contribution is -2.48. The lowest BCUT2D eigenvalue weighted by atomic mass is 9.85. The third kappa shape index (κ3) is 2.39. The second-order valence-corrected chi connectivity index (χ2v) is 4.43. The van der Waals surface area contributed by atoms with Crippen molar-refractivity contribution in [2.45, 2.75) is 6.42 Å². The van der Waals surface area contributed by atoms with E-state index in [0.717, 1.165) is 0 Å². The molecule has 1 fully saturated rings. The number of carbonyl (C=O) groups is 3. The van der Waals surface area contributed by atoms with Gasteiger partial charge in [0, 0.05) is 13.1 Å². The smallest absolute Gasteiger partial charge is 0.309 e. The van der Waals surface area contributed by atoms with Gasteiger partial charge in [0.05, 0.1) is 11.8 Å². The van der Waals surface area contributed by atoms with Crippen LogP contribution in [0.5, 0.6) is 0 Å². The van der Waals surface area contributed by atoms with Gasteiger partial charge in [-0.3, -0.25) is 14.4 Å². The Morgan fingerprint density at radius 2 is 1.85 bits per heavy atom. The van der Waals surface area contributed by atoms with Crippen LogP contribution in [0.2, 0.25) is 0 Å². The second-order valence-electron chi connectivity index (χ2n) is 4.43. The average Bonchev–Trinajstić information content (AvgIpc) is 2.83. The van der Waals surface area contributed by atoms with Gasteiger partial charge in [-0.2, -0.15) is 0 Å². The number of hydrogen-bond acceptors (Lipinski definition) is 7. The van der Waals surface area contributed by atoms with E-state index >= 15 is 0 Å². The number of carboxylic acid groups (broad SMARTS) is 2. The molecule has 20 heavy (non-hydrogen) atoms. The van der Waals surface area contributed by atoms with Crippen molar-refractivity contribution in [1.29, 1.82) is 0 Å². The molecule has 0 aromatic carbocycles. The third-order valence-electron chi connectivity index (χ3n) is 3.25. The van der Waals surface area contributed by atoms with Crippen LogP contribution in [0.3, 0.4) is 0 Å². The summed E-state index contributed by atoms with van der Waals surface area (Å²) in [6.07, 6.45) is 0.0449. The standard InChI is InChI=1S/C10H12N4O6/c11-7-6(12-20-13-7)8(15)14-2-1-4(9(16)17)5(3-14)10(18)19/h4-5H,1-3H2,(H2,11,13)(H,16,17)(H,18,19). The molecule has 1 aliphatic rings. The fraction of sp³-hybridized carbons (Fsp3) is 0.500. The predicted molar refractivity (Wildman–Crippen MR) is 61.5 cm³/mol. The van der Waals surface area contributed by atoms with Crippen molar-refractivity contribution >= 4 is 23.7 Å².